The minimum Gasteiger partial charge on any atom is -0.481 e. The smallest absolute Gasteiger partial charge is 0.306 e. The van der Waals surface area contributed by atoms with Crippen LogP contribution in [0, 0.1) is 5.92 Å². The van der Waals surface area contributed by atoms with Gasteiger partial charge in [-0.3, -0.25) is 9.59 Å². The molecule has 1 aromatic rings. The highest BCUT2D eigenvalue weighted by molar-refractivity contribution is 9.10. The lowest BCUT2D eigenvalue weighted by Crippen LogP contribution is -2.39. The van der Waals surface area contributed by atoms with Crippen LogP contribution in [0.2, 0.25) is 0 Å². The summed E-state index contributed by atoms with van der Waals surface area (Å²) in [4.78, 5) is 22.9. The van der Waals surface area contributed by atoms with Crippen molar-refractivity contribution in [1.82, 2.24) is 5.32 Å². The van der Waals surface area contributed by atoms with E-state index in [4.69, 9.17) is 5.11 Å². The fraction of sp³-hybridized carbons (Fsp3) is 0.375. The second-order valence-corrected chi connectivity index (χ2v) is 6.21. The van der Waals surface area contributed by atoms with Crippen LogP contribution in [0.4, 0.5) is 0 Å². The van der Waals surface area contributed by atoms with Gasteiger partial charge >= 0.3 is 5.97 Å². The Morgan fingerprint density at radius 2 is 1.95 bits per heavy atom. The van der Waals surface area contributed by atoms with Crippen LogP contribution in [0.5, 0.6) is 0 Å². The van der Waals surface area contributed by atoms with E-state index in [0.717, 1.165) is 22.9 Å². The number of benzene rings is 1. The first-order valence-electron chi connectivity index (χ1n) is 7.01. The standard InChI is InChI=1S/C16H18BrNO3/c17-13-7-4-11(5-8-13)6-9-15(19)18-14-3-1-2-12(10-14)16(20)21/h4-9,12,14H,1-3,10H2,(H,18,19)(H,20,21). The summed E-state index contributed by atoms with van der Waals surface area (Å²) in [5.74, 6) is -1.27. The largest absolute Gasteiger partial charge is 0.481 e. The van der Waals surface area contributed by atoms with Crippen LogP contribution in [0.1, 0.15) is 31.2 Å². The molecule has 0 radical (unpaired) electrons. The Bertz CT molecular complexity index is 539. The van der Waals surface area contributed by atoms with Crippen LogP contribution in [-0.2, 0) is 9.59 Å². The van der Waals surface area contributed by atoms with Crippen molar-refractivity contribution in [3.8, 4) is 0 Å². The van der Waals surface area contributed by atoms with E-state index in [1.54, 1.807) is 6.08 Å². The lowest BCUT2D eigenvalue weighted by atomic mass is 9.86. The van der Waals surface area contributed by atoms with Gasteiger partial charge in [0.05, 0.1) is 5.92 Å². The van der Waals surface area contributed by atoms with Crippen LogP contribution in [0.15, 0.2) is 34.8 Å². The highest BCUT2D eigenvalue weighted by Crippen LogP contribution is 2.24. The highest BCUT2D eigenvalue weighted by Gasteiger charge is 2.27. The molecular formula is C16H18BrNO3. The molecule has 1 aliphatic carbocycles. The summed E-state index contributed by atoms with van der Waals surface area (Å²) in [5.41, 5.74) is 0.945. The van der Waals surface area contributed by atoms with E-state index in [0.29, 0.717) is 12.8 Å². The van der Waals surface area contributed by atoms with Crippen molar-refractivity contribution in [3.05, 3.63) is 40.4 Å². The second kappa shape index (κ2) is 7.41. The number of halogens is 1. The molecule has 21 heavy (non-hydrogen) atoms. The van der Waals surface area contributed by atoms with Gasteiger partial charge in [0.15, 0.2) is 0 Å². The van der Waals surface area contributed by atoms with Gasteiger partial charge in [-0.25, -0.2) is 0 Å². The summed E-state index contributed by atoms with van der Waals surface area (Å²) in [7, 11) is 0. The van der Waals surface area contributed by atoms with Gasteiger partial charge < -0.3 is 10.4 Å². The number of carboxylic acids is 1. The van der Waals surface area contributed by atoms with Gasteiger partial charge in [0.25, 0.3) is 0 Å². The van der Waals surface area contributed by atoms with Gasteiger partial charge in [-0.05, 0) is 43.0 Å². The SMILES string of the molecule is O=C(C=Cc1ccc(Br)cc1)NC1CCCC(C(=O)O)C1. The first-order chi connectivity index (χ1) is 10.0. The van der Waals surface area contributed by atoms with Crippen LogP contribution in [0.25, 0.3) is 6.08 Å². The molecule has 5 heteroatoms. The summed E-state index contributed by atoms with van der Waals surface area (Å²) in [6, 6.07) is 7.61. The van der Waals surface area contributed by atoms with E-state index in [9.17, 15) is 9.59 Å². The average molecular weight is 352 g/mol. The molecule has 0 heterocycles. The maximum absolute atomic E-state index is 11.9. The molecule has 0 aromatic heterocycles. The molecule has 1 aromatic carbocycles. The zero-order valence-corrected chi connectivity index (χ0v) is 13.2. The van der Waals surface area contributed by atoms with E-state index in [-0.39, 0.29) is 17.9 Å². The van der Waals surface area contributed by atoms with E-state index in [1.165, 1.54) is 6.08 Å². The normalized spacial score (nSPS) is 22.1. The third-order valence-corrected chi connectivity index (χ3v) is 4.20. The Morgan fingerprint density at radius 3 is 2.62 bits per heavy atom. The second-order valence-electron chi connectivity index (χ2n) is 5.29. The van der Waals surface area contributed by atoms with Gasteiger partial charge in [0, 0.05) is 16.6 Å². The fourth-order valence-corrected chi connectivity index (χ4v) is 2.80. The Morgan fingerprint density at radius 1 is 1.24 bits per heavy atom. The first kappa shape index (κ1) is 15.8. The molecule has 4 nitrogen and oxygen atoms in total. The molecule has 1 saturated carbocycles. The minimum atomic E-state index is -0.764. The Hall–Kier alpha value is -1.62. The van der Waals surface area contributed by atoms with Crippen LogP contribution in [-0.4, -0.2) is 23.0 Å². The molecule has 2 rings (SSSR count). The highest BCUT2D eigenvalue weighted by atomic mass is 79.9. The Labute approximate surface area is 132 Å². The van der Waals surface area contributed by atoms with Crippen molar-refractivity contribution in [2.45, 2.75) is 31.7 Å². The zero-order chi connectivity index (χ0) is 15.2. The lowest BCUT2D eigenvalue weighted by molar-refractivity contribution is -0.143. The topological polar surface area (TPSA) is 66.4 Å². The molecule has 0 bridgehead atoms. The van der Waals surface area contributed by atoms with Crippen molar-refractivity contribution >= 4 is 33.9 Å². The number of aliphatic carboxylic acids is 1. The van der Waals surface area contributed by atoms with Gasteiger partial charge in [0.2, 0.25) is 5.91 Å². The summed E-state index contributed by atoms with van der Waals surface area (Å²) >= 11 is 3.36. The molecule has 0 aliphatic heterocycles. The monoisotopic (exact) mass is 351 g/mol. The molecule has 1 aliphatic rings. The van der Waals surface area contributed by atoms with E-state index >= 15 is 0 Å². The third kappa shape index (κ3) is 5.01. The number of hydrogen-bond donors (Lipinski definition) is 2. The number of rotatable bonds is 4. The van der Waals surface area contributed by atoms with Gasteiger partial charge in [-0.1, -0.05) is 34.5 Å². The summed E-state index contributed by atoms with van der Waals surface area (Å²) in [6.07, 6.45) is 6.16. The zero-order valence-electron chi connectivity index (χ0n) is 11.6. The first-order valence-corrected chi connectivity index (χ1v) is 7.81. The number of carbonyl (C=O) groups excluding carboxylic acids is 1. The number of nitrogens with one attached hydrogen (secondary N) is 1. The molecular weight excluding hydrogens is 334 g/mol. The average Bonchev–Trinajstić information content (AvgIpc) is 2.47. The summed E-state index contributed by atoms with van der Waals surface area (Å²) < 4.78 is 0.992. The molecule has 1 fully saturated rings. The number of carbonyl (C=O) groups is 2. The lowest BCUT2D eigenvalue weighted by Gasteiger charge is -2.26. The summed E-state index contributed by atoms with van der Waals surface area (Å²) in [6.45, 7) is 0. The van der Waals surface area contributed by atoms with Gasteiger partial charge in [0.1, 0.15) is 0 Å². The Kier molecular flexibility index (Phi) is 5.56. The van der Waals surface area contributed by atoms with Crippen LogP contribution >= 0.6 is 15.9 Å². The maximum atomic E-state index is 11.9. The van der Waals surface area contributed by atoms with Crippen LogP contribution in [0.3, 0.4) is 0 Å². The van der Waals surface area contributed by atoms with Crippen molar-refractivity contribution in [2.24, 2.45) is 5.92 Å². The minimum absolute atomic E-state index is 0.0399. The third-order valence-electron chi connectivity index (χ3n) is 3.67. The molecule has 2 atom stereocenters. The van der Waals surface area contributed by atoms with Crippen molar-refractivity contribution < 1.29 is 14.7 Å². The molecule has 112 valence electrons. The van der Waals surface area contributed by atoms with E-state index in [2.05, 4.69) is 21.2 Å². The van der Waals surface area contributed by atoms with Gasteiger partial charge in [-0.2, -0.15) is 0 Å². The van der Waals surface area contributed by atoms with E-state index < -0.39 is 5.97 Å². The predicted molar refractivity (Wildman–Crippen MR) is 84.7 cm³/mol. The molecule has 2 N–H and O–H groups in total. The maximum Gasteiger partial charge on any atom is 0.306 e. The molecule has 2 unspecified atom stereocenters. The van der Waals surface area contributed by atoms with E-state index in [1.807, 2.05) is 24.3 Å². The quantitative estimate of drug-likeness (QED) is 0.818. The number of carboxylic acid groups (broad SMARTS) is 1. The van der Waals surface area contributed by atoms with Gasteiger partial charge in [-0.15, -0.1) is 0 Å². The van der Waals surface area contributed by atoms with Crippen molar-refractivity contribution in [1.29, 1.82) is 0 Å². The predicted octanol–water partition coefficient (Wildman–Crippen LogP) is 3.22. The van der Waals surface area contributed by atoms with Crippen LogP contribution < -0.4 is 5.32 Å². The number of hydrogen-bond acceptors (Lipinski definition) is 2. The molecule has 1 amide bonds. The fourth-order valence-electron chi connectivity index (χ4n) is 2.54. The van der Waals surface area contributed by atoms with Crippen molar-refractivity contribution in [3.63, 3.8) is 0 Å². The number of amides is 1. The van der Waals surface area contributed by atoms with Crippen molar-refractivity contribution in [2.75, 3.05) is 0 Å². The Balaban J connectivity index is 1.86. The summed E-state index contributed by atoms with van der Waals surface area (Å²) in [5, 5.41) is 11.9. The molecule has 0 saturated heterocycles. The molecule has 0 spiro atoms.